The maximum absolute atomic E-state index is 14.4. The number of thiazole rings is 1. The second-order valence-corrected chi connectivity index (χ2v) is 7.97. The molecule has 6 nitrogen and oxygen atoms in total. The molecule has 0 saturated heterocycles. The van der Waals surface area contributed by atoms with Crippen LogP contribution in [0.4, 0.5) is 8.78 Å². The molecule has 0 unspecified atom stereocenters. The molecule has 0 radical (unpaired) electrons. The van der Waals surface area contributed by atoms with Crippen molar-refractivity contribution in [2.24, 2.45) is 0 Å². The van der Waals surface area contributed by atoms with E-state index in [1.54, 1.807) is 17.6 Å². The highest BCUT2D eigenvalue weighted by Gasteiger charge is 2.23. The molecule has 5 aromatic rings. The summed E-state index contributed by atoms with van der Waals surface area (Å²) >= 11 is 1.34. The van der Waals surface area contributed by atoms with Crippen LogP contribution in [-0.2, 0) is 6.42 Å². The summed E-state index contributed by atoms with van der Waals surface area (Å²) in [5.41, 5.74) is 1.32. The third kappa shape index (κ3) is 2.81. The van der Waals surface area contributed by atoms with E-state index in [2.05, 4.69) is 9.97 Å². The van der Waals surface area contributed by atoms with Crippen molar-refractivity contribution in [3.05, 3.63) is 75.0 Å². The zero-order valence-electron chi connectivity index (χ0n) is 15.7. The minimum Gasteiger partial charge on any atom is -0.454 e. The van der Waals surface area contributed by atoms with Crippen molar-refractivity contribution in [3.8, 4) is 22.2 Å². The van der Waals surface area contributed by atoms with Crippen molar-refractivity contribution in [2.75, 3.05) is 6.79 Å². The van der Waals surface area contributed by atoms with Crippen LogP contribution in [0.1, 0.15) is 11.3 Å². The number of benzene rings is 2. The van der Waals surface area contributed by atoms with Crippen LogP contribution in [0.5, 0.6) is 11.5 Å². The van der Waals surface area contributed by atoms with Gasteiger partial charge in [0.2, 0.25) is 12.2 Å². The summed E-state index contributed by atoms with van der Waals surface area (Å²) in [5.74, 6) is -0.490. The standard InChI is InChI=1S/C22H12F2N2O4S/c23-11-7-12-19(27)17-18(22-25-3-4-31-22)26-14(21(17)30-20(12)13(24)8-11)5-10-1-2-15-16(6-10)29-9-28-15/h1-4,6-8,26H,5,9H2. The number of hydrogen-bond donors (Lipinski definition) is 1. The van der Waals surface area contributed by atoms with E-state index in [4.69, 9.17) is 13.9 Å². The van der Waals surface area contributed by atoms with Gasteiger partial charge in [-0.05, 0) is 23.8 Å². The second-order valence-electron chi connectivity index (χ2n) is 7.08. The molecule has 0 saturated carbocycles. The van der Waals surface area contributed by atoms with Gasteiger partial charge in [-0.15, -0.1) is 11.3 Å². The molecule has 0 fully saturated rings. The van der Waals surface area contributed by atoms with Gasteiger partial charge in [0.05, 0.1) is 22.2 Å². The summed E-state index contributed by atoms with van der Waals surface area (Å²) in [6.45, 7) is 0.162. The number of nitrogens with zero attached hydrogens (tertiary/aromatic N) is 1. The Bertz CT molecular complexity index is 1540. The molecule has 3 aromatic heterocycles. The van der Waals surface area contributed by atoms with Crippen LogP contribution in [-0.4, -0.2) is 16.8 Å². The Labute approximate surface area is 176 Å². The highest BCUT2D eigenvalue weighted by molar-refractivity contribution is 7.13. The molecule has 31 heavy (non-hydrogen) atoms. The Kier molecular flexibility index (Phi) is 3.87. The van der Waals surface area contributed by atoms with Crippen LogP contribution in [0.25, 0.3) is 32.6 Å². The van der Waals surface area contributed by atoms with E-state index >= 15 is 0 Å². The molecular formula is C22H12F2N2O4S. The summed E-state index contributed by atoms with van der Waals surface area (Å²) in [7, 11) is 0. The molecule has 2 aromatic carbocycles. The zero-order valence-corrected chi connectivity index (χ0v) is 16.5. The van der Waals surface area contributed by atoms with Gasteiger partial charge in [0.1, 0.15) is 10.8 Å². The molecule has 154 valence electrons. The number of fused-ring (bicyclic) bond motifs is 3. The van der Waals surface area contributed by atoms with Gasteiger partial charge in [-0.25, -0.2) is 13.8 Å². The number of H-pyrrole nitrogens is 1. The average molecular weight is 438 g/mol. The third-order valence-corrected chi connectivity index (χ3v) is 5.97. The van der Waals surface area contributed by atoms with Crippen molar-refractivity contribution >= 4 is 33.3 Å². The minimum atomic E-state index is -0.931. The molecule has 1 aliphatic rings. The Morgan fingerprint density at radius 1 is 1.10 bits per heavy atom. The highest BCUT2D eigenvalue weighted by Crippen LogP contribution is 2.36. The lowest BCUT2D eigenvalue weighted by Gasteiger charge is -2.04. The fourth-order valence-corrected chi connectivity index (χ4v) is 4.46. The van der Waals surface area contributed by atoms with E-state index in [0.717, 1.165) is 11.6 Å². The fourth-order valence-electron chi connectivity index (χ4n) is 3.82. The summed E-state index contributed by atoms with van der Waals surface area (Å²) in [4.78, 5) is 20.8. The normalized spacial score (nSPS) is 12.8. The maximum atomic E-state index is 14.4. The first-order valence-electron chi connectivity index (χ1n) is 9.33. The van der Waals surface area contributed by atoms with Crippen molar-refractivity contribution in [2.45, 2.75) is 6.42 Å². The molecule has 0 aliphatic carbocycles. The Morgan fingerprint density at radius 3 is 2.81 bits per heavy atom. The monoisotopic (exact) mass is 438 g/mol. The molecular weight excluding hydrogens is 426 g/mol. The first-order chi connectivity index (χ1) is 15.1. The minimum absolute atomic E-state index is 0.156. The van der Waals surface area contributed by atoms with E-state index in [1.807, 2.05) is 12.1 Å². The number of nitrogens with one attached hydrogen (secondary N) is 1. The number of aromatic nitrogens is 2. The quantitative estimate of drug-likeness (QED) is 0.429. The number of halogens is 2. The topological polar surface area (TPSA) is 77.4 Å². The van der Waals surface area contributed by atoms with E-state index in [-0.39, 0.29) is 28.7 Å². The van der Waals surface area contributed by atoms with Gasteiger partial charge in [-0.2, -0.15) is 0 Å². The highest BCUT2D eigenvalue weighted by atomic mass is 32.1. The van der Waals surface area contributed by atoms with Gasteiger partial charge in [-0.3, -0.25) is 4.79 Å². The van der Waals surface area contributed by atoms with Gasteiger partial charge in [-0.1, -0.05) is 6.07 Å². The molecule has 0 spiro atoms. The molecule has 6 rings (SSSR count). The summed E-state index contributed by atoms with van der Waals surface area (Å²) in [6.07, 6.45) is 1.97. The maximum Gasteiger partial charge on any atom is 0.231 e. The van der Waals surface area contributed by atoms with Crippen molar-refractivity contribution in [3.63, 3.8) is 0 Å². The van der Waals surface area contributed by atoms with Crippen molar-refractivity contribution < 1.29 is 22.7 Å². The molecule has 0 amide bonds. The van der Waals surface area contributed by atoms with Crippen molar-refractivity contribution in [1.82, 2.24) is 9.97 Å². The van der Waals surface area contributed by atoms with E-state index in [0.29, 0.717) is 40.4 Å². The van der Waals surface area contributed by atoms with Crippen LogP contribution in [0, 0.1) is 11.6 Å². The SMILES string of the molecule is O=c1c2cc(F)cc(F)c2oc2c(Cc3ccc4c(c3)OCO4)[nH]c(-c3nccs3)c12. The number of ether oxygens (including phenoxy) is 2. The lowest BCUT2D eigenvalue weighted by atomic mass is 10.1. The van der Waals surface area contributed by atoms with E-state index < -0.39 is 17.1 Å². The van der Waals surface area contributed by atoms with Crippen molar-refractivity contribution in [1.29, 1.82) is 0 Å². The van der Waals surface area contributed by atoms with Crippen LogP contribution in [0.3, 0.4) is 0 Å². The zero-order chi connectivity index (χ0) is 21.1. The van der Waals surface area contributed by atoms with E-state index in [9.17, 15) is 13.6 Å². The Balaban J connectivity index is 1.61. The van der Waals surface area contributed by atoms with E-state index in [1.165, 1.54) is 11.3 Å². The lowest BCUT2D eigenvalue weighted by molar-refractivity contribution is 0.174. The molecule has 4 heterocycles. The van der Waals surface area contributed by atoms with Crippen LogP contribution < -0.4 is 14.9 Å². The van der Waals surface area contributed by atoms with Gasteiger partial charge in [0.25, 0.3) is 0 Å². The van der Waals surface area contributed by atoms with Crippen LogP contribution in [0.2, 0.25) is 0 Å². The lowest BCUT2D eigenvalue weighted by Crippen LogP contribution is -2.04. The number of hydrogen-bond acceptors (Lipinski definition) is 6. The Hall–Kier alpha value is -3.72. The third-order valence-electron chi connectivity index (χ3n) is 5.18. The molecule has 1 N–H and O–H groups in total. The largest absolute Gasteiger partial charge is 0.454 e. The summed E-state index contributed by atoms with van der Waals surface area (Å²) in [6, 6.07) is 7.20. The predicted molar refractivity (Wildman–Crippen MR) is 111 cm³/mol. The first-order valence-corrected chi connectivity index (χ1v) is 10.2. The van der Waals surface area contributed by atoms with Crippen LogP contribution in [0.15, 0.2) is 51.1 Å². The Morgan fingerprint density at radius 2 is 1.97 bits per heavy atom. The number of aromatic amines is 1. The predicted octanol–water partition coefficient (Wildman–Crippen LogP) is 5.00. The molecule has 9 heteroatoms. The average Bonchev–Trinajstić information content (AvgIpc) is 3.49. The molecule has 0 atom stereocenters. The van der Waals surface area contributed by atoms with Gasteiger partial charge in [0, 0.05) is 24.1 Å². The first kappa shape index (κ1) is 18.1. The smallest absolute Gasteiger partial charge is 0.231 e. The van der Waals surface area contributed by atoms with Gasteiger partial charge >= 0.3 is 0 Å². The summed E-state index contributed by atoms with van der Waals surface area (Å²) in [5, 5.41) is 2.41. The summed E-state index contributed by atoms with van der Waals surface area (Å²) < 4.78 is 44.8. The molecule has 0 bridgehead atoms. The second kappa shape index (κ2) is 6.64. The van der Waals surface area contributed by atoms with Gasteiger partial charge in [0.15, 0.2) is 28.5 Å². The number of rotatable bonds is 3. The van der Waals surface area contributed by atoms with Crippen LogP contribution >= 0.6 is 11.3 Å². The van der Waals surface area contributed by atoms with Gasteiger partial charge < -0.3 is 18.9 Å². The fraction of sp³-hybridized carbons (Fsp3) is 0.0909. The molecule has 1 aliphatic heterocycles.